The normalized spacial score (nSPS) is 14.9. The summed E-state index contributed by atoms with van der Waals surface area (Å²) >= 11 is 0. The molecule has 51 heavy (non-hydrogen) atoms. The molecule has 0 spiro atoms. The van der Waals surface area contributed by atoms with Gasteiger partial charge in [-0.15, -0.1) is 0 Å². The van der Waals surface area contributed by atoms with Crippen molar-refractivity contribution in [1.29, 1.82) is 0 Å². The monoisotopic (exact) mass is 654 g/mol. The number of nitrogens with zero attached hydrogens (tertiary/aromatic N) is 3. The summed E-state index contributed by atoms with van der Waals surface area (Å²) in [6.45, 7) is 0. The Bertz CT molecular complexity index is 3040. The van der Waals surface area contributed by atoms with E-state index in [1.54, 1.807) is 0 Å². The van der Waals surface area contributed by atoms with E-state index in [0.29, 0.717) is 0 Å². The highest BCUT2D eigenvalue weighted by molar-refractivity contribution is 6.27. The van der Waals surface area contributed by atoms with Crippen molar-refractivity contribution in [1.82, 2.24) is 14.5 Å². The van der Waals surface area contributed by atoms with Crippen LogP contribution in [-0.4, -0.2) is 14.8 Å². The third kappa shape index (κ3) is 4.12. The molecular formula is C46H30N4O. The molecule has 7 aromatic carbocycles. The zero-order valence-electron chi connectivity index (χ0n) is 27.5. The van der Waals surface area contributed by atoms with Gasteiger partial charge in [-0.2, -0.15) is 0 Å². The number of benzene rings is 7. The maximum atomic E-state index is 6.82. The number of nitrogens with one attached hydrogen (secondary N) is 1. The average molecular weight is 655 g/mol. The van der Waals surface area contributed by atoms with Crippen LogP contribution in [0, 0.1) is 0 Å². The fourth-order valence-electron chi connectivity index (χ4n) is 8.13. The predicted molar refractivity (Wildman–Crippen MR) is 211 cm³/mol. The molecule has 0 radical (unpaired) electrons. The van der Waals surface area contributed by atoms with Crippen molar-refractivity contribution in [3.8, 4) is 5.69 Å². The molecule has 4 heterocycles. The zero-order valence-corrected chi connectivity index (χ0v) is 27.5. The Balaban J connectivity index is 1.33. The highest BCUT2D eigenvalue weighted by atomic mass is 16.3. The zero-order chi connectivity index (χ0) is 33.5. The van der Waals surface area contributed by atoms with Gasteiger partial charge in [-0.3, -0.25) is 4.57 Å². The van der Waals surface area contributed by atoms with E-state index >= 15 is 0 Å². The van der Waals surface area contributed by atoms with Gasteiger partial charge in [0.15, 0.2) is 5.58 Å². The van der Waals surface area contributed by atoms with E-state index in [2.05, 4.69) is 178 Å². The van der Waals surface area contributed by atoms with Crippen molar-refractivity contribution in [2.45, 2.75) is 6.29 Å². The molecule has 1 unspecified atom stereocenters. The minimum Gasteiger partial charge on any atom is -0.454 e. The van der Waals surface area contributed by atoms with Crippen LogP contribution in [0.4, 0.5) is 0 Å². The van der Waals surface area contributed by atoms with Crippen LogP contribution in [0.3, 0.4) is 0 Å². The van der Waals surface area contributed by atoms with Gasteiger partial charge in [-0.05, 0) is 47.5 Å². The summed E-state index contributed by atoms with van der Waals surface area (Å²) in [4.78, 5) is 5.54. The van der Waals surface area contributed by atoms with Crippen LogP contribution >= 0.6 is 0 Å². The lowest BCUT2D eigenvalue weighted by Gasteiger charge is -2.27. The molecule has 5 heteroatoms. The van der Waals surface area contributed by atoms with Gasteiger partial charge in [0.1, 0.15) is 5.58 Å². The van der Waals surface area contributed by atoms with Gasteiger partial charge in [-0.1, -0.05) is 133 Å². The lowest BCUT2D eigenvalue weighted by Crippen LogP contribution is -2.29. The number of rotatable bonds is 4. The predicted octanol–water partition coefficient (Wildman–Crippen LogP) is 11.4. The van der Waals surface area contributed by atoms with Gasteiger partial charge in [0.2, 0.25) is 6.29 Å². The Morgan fingerprint density at radius 1 is 0.490 bits per heavy atom. The standard InChI is InChI=1S/C46H30N4O/c1-4-14-29(15-5-1)38-28-39(30-16-6-2-7-17-30)48-46(47-38)50-43-35(36-26-27-37-33-21-11-13-23-41(33)51-45(37)44(36)50)25-24-34-32-20-10-12-22-40(32)49(42(34)43)31-18-8-3-9-19-31/h1-28,46-47H. The minimum atomic E-state index is -0.493. The topological polar surface area (TPSA) is 47.4 Å². The second kappa shape index (κ2) is 10.8. The van der Waals surface area contributed by atoms with Crippen molar-refractivity contribution >= 4 is 77.0 Å². The average Bonchev–Trinajstić information content (AvgIpc) is 3.87. The Kier molecular flexibility index (Phi) is 5.95. The fraction of sp³-hybridized carbons (Fsp3) is 0.0217. The summed E-state index contributed by atoms with van der Waals surface area (Å²) in [6.07, 6.45) is 1.68. The fourth-order valence-corrected chi connectivity index (χ4v) is 8.13. The Morgan fingerprint density at radius 3 is 1.84 bits per heavy atom. The first kappa shape index (κ1) is 28.0. The lowest BCUT2D eigenvalue weighted by molar-refractivity contribution is 0.508. The van der Waals surface area contributed by atoms with E-state index in [4.69, 9.17) is 9.41 Å². The number of aromatic nitrogens is 2. The first-order chi connectivity index (χ1) is 25.3. The molecule has 5 nitrogen and oxygen atoms in total. The second-order valence-electron chi connectivity index (χ2n) is 13.2. The molecule has 1 aliphatic heterocycles. The quantitative estimate of drug-likeness (QED) is 0.205. The van der Waals surface area contributed by atoms with Crippen molar-refractivity contribution < 1.29 is 4.42 Å². The van der Waals surface area contributed by atoms with E-state index < -0.39 is 6.29 Å². The van der Waals surface area contributed by atoms with Crippen LogP contribution in [0.1, 0.15) is 17.4 Å². The maximum Gasteiger partial charge on any atom is 0.201 e. The number of para-hydroxylation sites is 3. The SMILES string of the molecule is C1=C(c2ccccc2)NC(n2c3c(ccc4c5ccccc5oc43)c3ccc4c5ccccc5n(-c5ccccc5)c4c32)N=C1c1ccccc1. The molecule has 0 fully saturated rings. The molecular weight excluding hydrogens is 625 g/mol. The molecule has 1 N–H and O–H groups in total. The van der Waals surface area contributed by atoms with E-state index in [-0.39, 0.29) is 0 Å². The van der Waals surface area contributed by atoms with Crippen molar-refractivity contribution in [3.63, 3.8) is 0 Å². The van der Waals surface area contributed by atoms with Crippen LogP contribution in [0.5, 0.6) is 0 Å². The van der Waals surface area contributed by atoms with Crippen molar-refractivity contribution in [3.05, 3.63) is 181 Å². The Hall–Kier alpha value is -6.85. The number of hydrogen-bond donors (Lipinski definition) is 1. The molecule has 0 saturated heterocycles. The molecule has 3 aromatic heterocycles. The van der Waals surface area contributed by atoms with Gasteiger partial charge in [0, 0.05) is 43.7 Å². The number of hydrogen-bond acceptors (Lipinski definition) is 3. The molecule has 0 saturated carbocycles. The van der Waals surface area contributed by atoms with Crippen molar-refractivity contribution in [2.24, 2.45) is 4.99 Å². The van der Waals surface area contributed by atoms with E-state index in [1.807, 2.05) is 6.07 Å². The highest BCUT2D eigenvalue weighted by Gasteiger charge is 2.29. The van der Waals surface area contributed by atoms with Gasteiger partial charge in [0.25, 0.3) is 0 Å². The van der Waals surface area contributed by atoms with Gasteiger partial charge >= 0.3 is 0 Å². The first-order valence-corrected chi connectivity index (χ1v) is 17.3. The van der Waals surface area contributed by atoms with E-state index in [1.165, 1.54) is 10.8 Å². The molecule has 10 aromatic rings. The number of fused-ring (bicyclic) bond motifs is 11. The third-order valence-electron chi connectivity index (χ3n) is 10.3. The Labute approximate surface area is 293 Å². The summed E-state index contributed by atoms with van der Waals surface area (Å²) in [7, 11) is 0. The van der Waals surface area contributed by atoms with Crippen LogP contribution in [0.2, 0.25) is 0 Å². The largest absolute Gasteiger partial charge is 0.454 e. The molecule has 1 atom stereocenters. The number of aliphatic imine (C=N–C) groups is 1. The van der Waals surface area contributed by atoms with Crippen LogP contribution in [0.15, 0.2) is 179 Å². The molecule has 0 amide bonds. The van der Waals surface area contributed by atoms with Gasteiger partial charge in [-0.25, -0.2) is 4.99 Å². The van der Waals surface area contributed by atoms with E-state index in [0.717, 1.165) is 83.0 Å². The van der Waals surface area contributed by atoms with Crippen LogP contribution in [-0.2, 0) is 0 Å². The third-order valence-corrected chi connectivity index (χ3v) is 10.3. The van der Waals surface area contributed by atoms with Crippen LogP contribution < -0.4 is 5.32 Å². The summed E-state index contributed by atoms with van der Waals surface area (Å²) in [5.41, 5.74) is 11.3. The van der Waals surface area contributed by atoms with Crippen LogP contribution in [0.25, 0.3) is 76.9 Å². The molecule has 1 aliphatic rings. The summed E-state index contributed by atoms with van der Waals surface area (Å²) < 4.78 is 11.6. The lowest BCUT2D eigenvalue weighted by atomic mass is 10.0. The molecule has 0 aliphatic carbocycles. The second-order valence-corrected chi connectivity index (χ2v) is 13.2. The highest BCUT2D eigenvalue weighted by Crippen LogP contribution is 2.45. The minimum absolute atomic E-state index is 0.493. The van der Waals surface area contributed by atoms with Crippen molar-refractivity contribution in [2.75, 3.05) is 0 Å². The number of allylic oxidation sites excluding steroid dienone is 1. The Morgan fingerprint density at radius 2 is 1.08 bits per heavy atom. The van der Waals surface area contributed by atoms with Gasteiger partial charge < -0.3 is 14.3 Å². The number of furan rings is 1. The summed E-state index contributed by atoms with van der Waals surface area (Å²) in [6, 6.07) is 57.7. The van der Waals surface area contributed by atoms with E-state index in [9.17, 15) is 0 Å². The smallest absolute Gasteiger partial charge is 0.201 e. The summed E-state index contributed by atoms with van der Waals surface area (Å²) in [5, 5.41) is 10.8. The molecule has 11 rings (SSSR count). The maximum absolute atomic E-state index is 6.82. The first-order valence-electron chi connectivity index (χ1n) is 17.3. The molecule has 240 valence electrons. The van der Waals surface area contributed by atoms with Gasteiger partial charge in [0.05, 0.1) is 27.8 Å². The molecule has 0 bridgehead atoms. The summed E-state index contributed by atoms with van der Waals surface area (Å²) in [5.74, 6) is 0.